The third-order valence-corrected chi connectivity index (χ3v) is 5.57. The fraction of sp³-hybridized carbons (Fsp3) is 0.300. The van der Waals surface area contributed by atoms with Crippen molar-refractivity contribution in [2.24, 2.45) is 5.92 Å². The number of rotatable bonds is 2. The molecule has 0 radical (unpaired) electrons. The molecule has 0 bridgehead atoms. The Kier molecular flexibility index (Phi) is 4.65. The van der Waals surface area contributed by atoms with Gasteiger partial charge in [0.2, 0.25) is 0 Å². The van der Waals surface area contributed by atoms with Crippen LogP contribution in [-0.4, -0.2) is 23.1 Å². The normalized spacial score (nSPS) is 15.7. The van der Waals surface area contributed by atoms with Crippen LogP contribution in [0.25, 0.3) is 22.3 Å². The van der Waals surface area contributed by atoms with Gasteiger partial charge in [0.1, 0.15) is 5.82 Å². The summed E-state index contributed by atoms with van der Waals surface area (Å²) >= 11 is 9.61. The van der Waals surface area contributed by atoms with Crippen LogP contribution in [0.1, 0.15) is 19.8 Å². The van der Waals surface area contributed by atoms with Crippen LogP contribution in [0, 0.1) is 5.92 Å². The first-order valence-corrected chi connectivity index (χ1v) is 9.75. The zero-order chi connectivity index (χ0) is 17.4. The predicted molar refractivity (Wildman–Crippen MR) is 108 cm³/mol. The smallest absolute Gasteiger partial charge is 0.162 e. The van der Waals surface area contributed by atoms with Gasteiger partial charge in [-0.3, -0.25) is 0 Å². The molecule has 0 saturated carbocycles. The van der Waals surface area contributed by atoms with E-state index in [1.165, 1.54) is 12.8 Å². The van der Waals surface area contributed by atoms with Crippen LogP contribution >= 0.6 is 27.5 Å². The Labute approximate surface area is 161 Å². The van der Waals surface area contributed by atoms with E-state index in [9.17, 15) is 0 Å². The van der Waals surface area contributed by atoms with Crippen molar-refractivity contribution < 1.29 is 0 Å². The minimum Gasteiger partial charge on any atom is -0.356 e. The number of piperidine rings is 1. The van der Waals surface area contributed by atoms with Gasteiger partial charge in [0.25, 0.3) is 0 Å². The number of nitrogens with zero attached hydrogens (tertiary/aromatic N) is 3. The average molecular weight is 417 g/mol. The van der Waals surface area contributed by atoms with Gasteiger partial charge in [-0.1, -0.05) is 34.5 Å². The lowest BCUT2D eigenvalue weighted by molar-refractivity contribution is 0.437. The van der Waals surface area contributed by atoms with Crippen LogP contribution < -0.4 is 4.90 Å². The Hall–Kier alpha value is -1.65. The lowest BCUT2D eigenvalue weighted by Gasteiger charge is -2.32. The molecule has 0 N–H and O–H groups in total. The first-order chi connectivity index (χ1) is 12.1. The Morgan fingerprint density at radius 1 is 1.04 bits per heavy atom. The predicted octanol–water partition coefficient (Wildman–Crippen LogP) is 5.95. The molecule has 0 atom stereocenters. The highest BCUT2D eigenvalue weighted by molar-refractivity contribution is 9.10. The van der Waals surface area contributed by atoms with Gasteiger partial charge in [-0.2, -0.15) is 0 Å². The van der Waals surface area contributed by atoms with Crippen LogP contribution in [0.2, 0.25) is 5.02 Å². The maximum atomic E-state index is 6.02. The van der Waals surface area contributed by atoms with Gasteiger partial charge in [0.15, 0.2) is 5.82 Å². The molecule has 0 spiro atoms. The first kappa shape index (κ1) is 16.8. The van der Waals surface area contributed by atoms with Crippen LogP contribution in [-0.2, 0) is 0 Å². The van der Waals surface area contributed by atoms with Gasteiger partial charge in [-0.05, 0) is 61.2 Å². The molecular weight excluding hydrogens is 398 g/mol. The number of hydrogen-bond acceptors (Lipinski definition) is 3. The topological polar surface area (TPSA) is 29.0 Å². The highest BCUT2D eigenvalue weighted by Gasteiger charge is 2.20. The molecule has 1 aliphatic rings. The summed E-state index contributed by atoms with van der Waals surface area (Å²) in [7, 11) is 0. The van der Waals surface area contributed by atoms with E-state index in [1.807, 2.05) is 30.3 Å². The van der Waals surface area contributed by atoms with Gasteiger partial charge in [-0.15, -0.1) is 0 Å². The van der Waals surface area contributed by atoms with E-state index in [-0.39, 0.29) is 0 Å². The fourth-order valence-corrected chi connectivity index (χ4v) is 3.76. The molecule has 2 heterocycles. The molecule has 1 saturated heterocycles. The second kappa shape index (κ2) is 6.93. The second-order valence-corrected chi connectivity index (χ2v) is 8.06. The van der Waals surface area contributed by atoms with Crippen LogP contribution in [0.5, 0.6) is 0 Å². The third kappa shape index (κ3) is 3.51. The summed E-state index contributed by atoms with van der Waals surface area (Å²) in [4.78, 5) is 12.1. The highest BCUT2D eigenvalue weighted by atomic mass is 79.9. The molecular formula is C20H19BrClN3. The van der Waals surface area contributed by atoms with Gasteiger partial charge in [-0.25, -0.2) is 9.97 Å². The van der Waals surface area contributed by atoms with Gasteiger partial charge >= 0.3 is 0 Å². The molecule has 4 rings (SSSR count). The summed E-state index contributed by atoms with van der Waals surface area (Å²) < 4.78 is 1.05. The summed E-state index contributed by atoms with van der Waals surface area (Å²) in [6.45, 7) is 4.41. The largest absolute Gasteiger partial charge is 0.356 e. The van der Waals surface area contributed by atoms with E-state index < -0.39 is 0 Å². The van der Waals surface area contributed by atoms with Crippen molar-refractivity contribution >= 4 is 44.3 Å². The molecule has 128 valence electrons. The Morgan fingerprint density at radius 3 is 2.48 bits per heavy atom. The molecule has 1 aliphatic heterocycles. The van der Waals surface area contributed by atoms with Crippen molar-refractivity contribution in [1.29, 1.82) is 0 Å². The molecule has 5 heteroatoms. The zero-order valence-electron chi connectivity index (χ0n) is 14.0. The van der Waals surface area contributed by atoms with Gasteiger partial charge in [0.05, 0.1) is 5.52 Å². The standard InChI is InChI=1S/C20H19BrClN3/c1-13-8-10-25(11-9-13)20-17-12-15(21)4-7-18(17)23-19(24-20)14-2-5-16(22)6-3-14/h2-7,12-13H,8-11H2,1H3. The highest BCUT2D eigenvalue weighted by Crippen LogP contribution is 2.32. The molecule has 0 amide bonds. The van der Waals surface area contributed by atoms with E-state index >= 15 is 0 Å². The molecule has 3 aromatic rings. The number of aromatic nitrogens is 2. The average Bonchev–Trinajstić information content (AvgIpc) is 2.62. The minimum atomic E-state index is 0.721. The Bertz CT molecular complexity index is 903. The van der Waals surface area contributed by atoms with Gasteiger partial charge < -0.3 is 4.90 Å². The van der Waals surface area contributed by atoms with Crippen molar-refractivity contribution in [3.63, 3.8) is 0 Å². The SMILES string of the molecule is CC1CCN(c2nc(-c3ccc(Cl)cc3)nc3ccc(Br)cc23)CC1. The Morgan fingerprint density at radius 2 is 1.76 bits per heavy atom. The minimum absolute atomic E-state index is 0.721. The molecule has 2 aromatic carbocycles. The number of fused-ring (bicyclic) bond motifs is 1. The van der Waals surface area contributed by atoms with Crippen molar-refractivity contribution in [2.75, 3.05) is 18.0 Å². The van der Waals surface area contributed by atoms with Crippen molar-refractivity contribution in [3.05, 3.63) is 52.0 Å². The lowest BCUT2D eigenvalue weighted by atomic mass is 9.99. The van der Waals surface area contributed by atoms with E-state index in [0.29, 0.717) is 0 Å². The van der Waals surface area contributed by atoms with Crippen LogP contribution in [0.3, 0.4) is 0 Å². The van der Waals surface area contributed by atoms with Crippen LogP contribution in [0.4, 0.5) is 5.82 Å². The second-order valence-electron chi connectivity index (χ2n) is 6.71. The molecule has 1 fully saturated rings. The quantitative estimate of drug-likeness (QED) is 0.517. The monoisotopic (exact) mass is 415 g/mol. The van der Waals surface area contributed by atoms with E-state index in [0.717, 1.165) is 56.6 Å². The summed E-state index contributed by atoms with van der Waals surface area (Å²) in [5, 5.41) is 1.82. The summed E-state index contributed by atoms with van der Waals surface area (Å²) in [5.74, 6) is 2.56. The number of halogens is 2. The van der Waals surface area contributed by atoms with Crippen molar-refractivity contribution in [3.8, 4) is 11.4 Å². The lowest BCUT2D eigenvalue weighted by Crippen LogP contribution is -2.33. The fourth-order valence-electron chi connectivity index (χ4n) is 3.27. The molecule has 0 aliphatic carbocycles. The third-order valence-electron chi connectivity index (χ3n) is 4.82. The van der Waals surface area contributed by atoms with Crippen LogP contribution in [0.15, 0.2) is 46.9 Å². The number of benzene rings is 2. The number of hydrogen-bond donors (Lipinski definition) is 0. The van der Waals surface area contributed by atoms with Gasteiger partial charge in [0, 0.05) is 33.5 Å². The summed E-state index contributed by atoms with van der Waals surface area (Å²) in [6.07, 6.45) is 2.41. The molecule has 0 unspecified atom stereocenters. The number of anilines is 1. The zero-order valence-corrected chi connectivity index (χ0v) is 16.4. The molecule has 25 heavy (non-hydrogen) atoms. The maximum Gasteiger partial charge on any atom is 0.162 e. The maximum absolute atomic E-state index is 6.02. The molecule has 1 aromatic heterocycles. The summed E-state index contributed by atoms with van der Waals surface area (Å²) in [5.41, 5.74) is 1.96. The first-order valence-electron chi connectivity index (χ1n) is 8.58. The van der Waals surface area contributed by atoms with E-state index in [4.69, 9.17) is 21.6 Å². The van der Waals surface area contributed by atoms with E-state index in [2.05, 4.69) is 39.9 Å². The van der Waals surface area contributed by atoms with Crippen molar-refractivity contribution in [1.82, 2.24) is 9.97 Å². The van der Waals surface area contributed by atoms with Crippen molar-refractivity contribution in [2.45, 2.75) is 19.8 Å². The Balaban J connectivity index is 1.86. The van der Waals surface area contributed by atoms with E-state index in [1.54, 1.807) is 0 Å². The molecule has 3 nitrogen and oxygen atoms in total. The summed E-state index contributed by atoms with van der Waals surface area (Å²) in [6, 6.07) is 13.9.